The maximum atomic E-state index is 12.1. The van der Waals surface area contributed by atoms with Crippen molar-refractivity contribution < 1.29 is 9.18 Å². The molecule has 0 atom stereocenters. The number of halogens is 1. The number of alkyl halides is 1. The number of nitrogens with zero attached hydrogens (tertiary/aromatic N) is 1. The van der Waals surface area contributed by atoms with Gasteiger partial charge in [0.1, 0.15) is 0 Å². The summed E-state index contributed by atoms with van der Waals surface area (Å²) in [7, 11) is 0. The SMILES string of the molecule is O=C(CF)N1CCNCCNCC1. The highest BCUT2D eigenvalue weighted by Gasteiger charge is 2.12. The number of carbonyl (C=O) groups is 1. The molecule has 1 heterocycles. The van der Waals surface area contributed by atoms with Crippen molar-refractivity contribution in [3.8, 4) is 0 Å². The minimum atomic E-state index is -0.889. The molecule has 0 saturated carbocycles. The zero-order valence-electron chi connectivity index (χ0n) is 7.68. The van der Waals surface area contributed by atoms with Crippen molar-refractivity contribution in [3.05, 3.63) is 0 Å². The monoisotopic (exact) mass is 189 g/mol. The first-order chi connectivity index (χ1) is 6.34. The standard InChI is InChI=1S/C8H16FN3O/c9-7-8(13)12-5-3-10-1-2-11-4-6-12/h10-11H,1-7H2. The van der Waals surface area contributed by atoms with E-state index in [4.69, 9.17) is 0 Å². The predicted molar refractivity (Wildman–Crippen MR) is 48.3 cm³/mol. The summed E-state index contributed by atoms with van der Waals surface area (Å²) >= 11 is 0. The summed E-state index contributed by atoms with van der Waals surface area (Å²) in [5, 5.41) is 6.31. The molecule has 0 aromatic rings. The summed E-state index contributed by atoms with van der Waals surface area (Å²) < 4.78 is 12.1. The number of nitrogens with one attached hydrogen (secondary N) is 2. The summed E-state index contributed by atoms with van der Waals surface area (Å²) in [5.74, 6) is -0.412. The molecule has 0 aromatic carbocycles. The fourth-order valence-electron chi connectivity index (χ4n) is 1.30. The van der Waals surface area contributed by atoms with Crippen molar-refractivity contribution in [2.45, 2.75) is 0 Å². The molecule has 5 heteroatoms. The van der Waals surface area contributed by atoms with Crippen LogP contribution in [0.25, 0.3) is 0 Å². The number of hydrogen-bond acceptors (Lipinski definition) is 3. The fourth-order valence-corrected chi connectivity index (χ4v) is 1.30. The Kier molecular flexibility index (Phi) is 4.70. The van der Waals surface area contributed by atoms with Crippen LogP contribution in [0.2, 0.25) is 0 Å². The molecule has 76 valence electrons. The fraction of sp³-hybridized carbons (Fsp3) is 0.875. The molecule has 13 heavy (non-hydrogen) atoms. The van der Waals surface area contributed by atoms with Crippen LogP contribution in [0.15, 0.2) is 0 Å². The molecule has 1 fully saturated rings. The molecule has 1 amide bonds. The van der Waals surface area contributed by atoms with Gasteiger partial charge in [0, 0.05) is 39.3 Å². The number of hydrogen-bond donors (Lipinski definition) is 2. The Labute approximate surface area is 77.5 Å². The van der Waals surface area contributed by atoms with Crippen LogP contribution in [0, 0.1) is 0 Å². The molecular weight excluding hydrogens is 173 g/mol. The maximum Gasteiger partial charge on any atom is 0.254 e. The van der Waals surface area contributed by atoms with Crippen molar-refractivity contribution in [2.24, 2.45) is 0 Å². The van der Waals surface area contributed by atoms with Gasteiger partial charge in [0.25, 0.3) is 5.91 Å². The van der Waals surface area contributed by atoms with Gasteiger partial charge < -0.3 is 15.5 Å². The Hall–Kier alpha value is -0.680. The first kappa shape index (κ1) is 10.4. The first-order valence-corrected chi connectivity index (χ1v) is 4.60. The highest BCUT2D eigenvalue weighted by Crippen LogP contribution is 1.90. The second-order valence-corrected chi connectivity index (χ2v) is 3.01. The normalized spacial score (nSPS) is 20.2. The summed E-state index contributed by atoms with van der Waals surface area (Å²) in [6.45, 7) is 3.60. The lowest BCUT2D eigenvalue weighted by Gasteiger charge is -2.20. The quantitative estimate of drug-likeness (QED) is 0.555. The van der Waals surface area contributed by atoms with Crippen LogP contribution in [0.3, 0.4) is 0 Å². The van der Waals surface area contributed by atoms with Gasteiger partial charge in [0.05, 0.1) is 0 Å². The minimum Gasteiger partial charge on any atom is -0.338 e. The van der Waals surface area contributed by atoms with E-state index in [0.717, 1.165) is 26.2 Å². The molecule has 0 bridgehead atoms. The highest BCUT2D eigenvalue weighted by molar-refractivity contribution is 5.77. The van der Waals surface area contributed by atoms with Crippen LogP contribution in [0.4, 0.5) is 4.39 Å². The second kappa shape index (κ2) is 5.88. The van der Waals surface area contributed by atoms with Crippen LogP contribution >= 0.6 is 0 Å². The third kappa shape index (κ3) is 3.69. The predicted octanol–water partition coefficient (Wildman–Crippen LogP) is -1.02. The van der Waals surface area contributed by atoms with Crippen LogP contribution in [0.5, 0.6) is 0 Å². The van der Waals surface area contributed by atoms with Gasteiger partial charge >= 0.3 is 0 Å². The van der Waals surface area contributed by atoms with E-state index in [1.54, 1.807) is 4.90 Å². The van der Waals surface area contributed by atoms with Gasteiger partial charge in [-0.05, 0) is 0 Å². The van der Waals surface area contributed by atoms with Gasteiger partial charge in [-0.3, -0.25) is 4.79 Å². The molecule has 4 nitrogen and oxygen atoms in total. The average Bonchev–Trinajstić information content (AvgIpc) is 2.29. The largest absolute Gasteiger partial charge is 0.338 e. The van der Waals surface area contributed by atoms with Gasteiger partial charge in [-0.2, -0.15) is 0 Å². The third-order valence-electron chi connectivity index (χ3n) is 2.06. The molecule has 0 unspecified atom stereocenters. The lowest BCUT2D eigenvalue weighted by molar-refractivity contribution is -0.132. The third-order valence-corrected chi connectivity index (χ3v) is 2.06. The Morgan fingerprint density at radius 3 is 2.15 bits per heavy atom. The molecule has 0 radical (unpaired) electrons. The van der Waals surface area contributed by atoms with Crippen molar-refractivity contribution in [1.29, 1.82) is 0 Å². The van der Waals surface area contributed by atoms with Crippen molar-refractivity contribution in [2.75, 3.05) is 45.9 Å². The molecule has 0 spiro atoms. The van der Waals surface area contributed by atoms with E-state index in [-0.39, 0.29) is 0 Å². The Morgan fingerprint density at radius 1 is 1.15 bits per heavy atom. The van der Waals surface area contributed by atoms with Gasteiger partial charge in [0.15, 0.2) is 6.67 Å². The van der Waals surface area contributed by atoms with E-state index in [0.29, 0.717) is 13.1 Å². The number of rotatable bonds is 1. The van der Waals surface area contributed by atoms with Crippen LogP contribution < -0.4 is 10.6 Å². The van der Waals surface area contributed by atoms with Gasteiger partial charge in [-0.1, -0.05) is 0 Å². The highest BCUT2D eigenvalue weighted by atomic mass is 19.1. The average molecular weight is 189 g/mol. The molecule has 0 aromatic heterocycles. The van der Waals surface area contributed by atoms with Crippen molar-refractivity contribution >= 4 is 5.91 Å². The van der Waals surface area contributed by atoms with Gasteiger partial charge in [0.2, 0.25) is 0 Å². The van der Waals surface area contributed by atoms with Crippen LogP contribution in [-0.2, 0) is 4.79 Å². The van der Waals surface area contributed by atoms with Crippen LogP contribution in [0.1, 0.15) is 0 Å². The molecule has 2 N–H and O–H groups in total. The van der Waals surface area contributed by atoms with Gasteiger partial charge in [-0.25, -0.2) is 4.39 Å². The summed E-state index contributed by atoms with van der Waals surface area (Å²) in [4.78, 5) is 12.6. The molecule has 0 aliphatic carbocycles. The summed E-state index contributed by atoms with van der Waals surface area (Å²) in [6.07, 6.45) is 0. The van der Waals surface area contributed by atoms with Crippen molar-refractivity contribution in [1.82, 2.24) is 15.5 Å². The Bertz CT molecular complexity index is 155. The maximum absolute atomic E-state index is 12.1. The minimum absolute atomic E-state index is 0.412. The lowest BCUT2D eigenvalue weighted by Crippen LogP contribution is -2.39. The Morgan fingerprint density at radius 2 is 1.69 bits per heavy atom. The van der Waals surface area contributed by atoms with E-state index >= 15 is 0 Å². The molecular formula is C8H16FN3O. The molecule has 1 aliphatic heterocycles. The summed E-state index contributed by atoms with van der Waals surface area (Å²) in [6, 6.07) is 0. The first-order valence-electron chi connectivity index (χ1n) is 4.60. The van der Waals surface area contributed by atoms with E-state index in [1.807, 2.05) is 0 Å². The zero-order chi connectivity index (χ0) is 9.52. The molecule has 1 aliphatic rings. The lowest BCUT2D eigenvalue weighted by atomic mass is 10.4. The van der Waals surface area contributed by atoms with Crippen LogP contribution in [-0.4, -0.2) is 56.8 Å². The van der Waals surface area contributed by atoms with E-state index in [2.05, 4.69) is 10.6 Å². The molecule has 1 rings (SSSR count). The second-order valence-electron chi connectivity index (χ2n) is 3.01. The molecule has 1 saturated heterocycles. The van der Waals surface area contributed by atoms with E-state index in [9.17, 15) is 9.18 Å². The van der Waals surface area contributed by atoms with E-state index in [1.165, 1.54) is 0 Å². The smallest absolute Gasteiger partial charge is 0.254 e. The topological polar surface area (TPSA) is 44.4 Å². The van der Waals surface area contributed by atoms with Crippen molar-refractivity contribution in [3.63, 3.8) is 0 Å². The zero-order valence-corrected chi connectivity index (χ0v) is 7.68. The Balaban J connectivity index is 2.36. The van der Waals surface area contributed by atoms with Gasteiger partial charge in [-0.15, -0.1) is 0 Å². The number of amides is 1. The number of carbonyl (C=O) groups excluding carboxylic acids is 1. The van der Waals surface area contributed by atoms with E-state index < -0.39 is 12.6 Å². The summed E-state index contributed by atoms with van der Waals surface area (Å²) in [5.41, 5.74) is 0.